The fourth-order valence-electron chi connectivity index (χ4n) is 2.40. The van der Waals surface area contributed by atoms with Gasteiger partial charge in [0.1, 0.15) is 11.3 Å². The summed E-state index contributed by atoms with van der Waals surface area (Å²) in [5.41, 5.74) is 2.28. The van der Waals surface area contributed by atoms with E-state index in [0.29, 0.717) is 11.4 Å². The van der Waals surface area contributed by atoms with Crippen molar-refractivity contribution in [2.75, 3.05) is 4.90 Å². The van der Waals surface area contributed by atoms with Crippen molar-refractivity contribution < 1.29 is 18.8 Å². The van der Waals surface area contributed by atoms with Crippen molar-refractivity contribution in [1.29, 1.82) is 0 Å². The lowest BCUT2D eigenvalue weighted by Gasteiger charge is -2.26. The van der Waals surface area contributed by atoms with Gasteiger partial charge in [-0.05, 0) is 61.4 Å². The topological polar surface area (TPSA) is 79.6 Å². The fourth-order valence-corrected chi connectivity index (χ4v) is 2.40. The standard InChI is InChI=1S/C19H16N2O4/c1-12-8-9-14(11-13(12)2)21-18(23)16(17(22)20-19(21)24)7-3-5-15-6-4-10-25-15/h3-11H,1-2H3,(H,20,22,24)/b5-3+,16-7-. The first-order chi connectivity index (χ1) is 12.0. The lowest BCUT2D eigenvalue weighted by Crippen LogP contribution is -2.54. The van der Waals surface area contributed by atoms with Crippen molar-refractivity contribution in [3.63, 3.8) is 0 Å². The first-order valence-electron chi connectivity index (χ1n) is 7.66. The Hall–Kier alpha value is -3.41. The zero-order valence-electron chi connectivity index (χ0n) is 13.8. The first-order valence-corrected chi connectivity index (χ1v) is 7.66. The van der Waals surface area contributed by atoms with Gasteiger partial charge in [-0.25, -0.2) is 9.69 Å². The van der Waals surface area contributed by atoms with Gasteiger partial charge in [-0.15, -0.1) is 0 Å². The Morgan fingerprint density at radius 2 is 1.88 bits per heavy atom. The number of rotatable bonds is 3. The van der Waals surface area contributed by atoms with E-state index < -0.39 is 17.8 Å². The largest absolute Gasteiger partial charge is 0.465 e. The number of barbiturate groups is 1. The van der Waals surface area contributed by atoms with Crippen LogP contribution in [0, 0.1) is 13.8 Å². The molecule has 1 aliphatic rings. The number of allylic oxidation sites excluding steroid dienone is 2. The Labute approximate surface area is 144 Å². The van der Waals surface area contributed by atoms with Crippen LogP contribution >= 0.6 is 0 Å². The molecule has 6 heteroatoms. The molecule has 1 saturated heterocycles. The molecule has 1 aromatic heterocycles. The number of benzene rings is 1. The van der Waals surface area contributed by atoms with Gasteiger partial charge in [0, 0.05) is 0 Å². The van der Waals surface area contributed by atoms with E-state index in [-0.39, 0.29) is 5.57 Å². The minimum Gasteiger partial charge on any atom is -0.465 e. The number of aryl methyl sites for hydroxylation is 2. The maximum Gasteiger partial charge on any atom is 0.335 e. The lowest BCUT2D eigenvalue weighted by atomic mass is 10.1. The molecule has 1 aliphatic heterocycles. The maximum absolute atomic E-state index is 12.7. The second kappa shape index (κ2) is 6.60. The summed E-state index contributed by atoms with van der Waals surface area (Å²) in [6, 6.07) is 7.94. The van der Waals surface area contributed by atoms with Gasteiger partial charge in [-0.3, -0.25) is 14.9 Å². The normalized spacial score (nSPS) is 16.8. The molecule has 0 saturated carbocycles. The van der Waals surface area contributed by atoms with Crippen molar-refractivity contribution in [2.24, 2.45) is 0 Å². The van der Waals surface area contributed by atoms with Crippen molar-refractivity contribution >= 4 is 29.6 Å². The second-order valence-electron chi connectivity index (χ2n) is 5.62. The highest BCUT2D eigenvalue weighted by Gasteiger charge is 2.36. The van der Waals surface area contributed by atoms with Crippen LogP contribution in [0.3, 0.4) is 0 Å². The van der Waals surface area contributed by atoms with Crippen LogP contribution in [0.4, 0.5) is 10.5 Å². The molecule has 0 bridgehead atoms. The molecule has 1 fully saturated rings. The Balaban J connectivity index is 1.92. The Bertz CT molecular complexity index is 908. The minimum absolute atomic E-state index is 0.124. The summed E-state index contributed by atoms with van der Waals surface area (Å²) in [7, 11) is 0. The molecular weight excluding hydrogens is 320 g/mol. The highest BCUT2D eigenvalue weighted by Crippen LogP contribution is 2.23. The third-order valence-corrected chi connectivity index (χ3v) is 3.92. The second-order valence-corrected chi connectivity index (χ2v) is 5.62. The van der Waals surface area contributed by atoms with Gasteiger partial charge < -0.3 is 4.42 Å². The van der Waals surface area contributed by atoms with E-state index in [1.165, 1.54) is 18.4 Å². The van der Waals surface area contributed by atoms with Crippen LogP contribution in [0.1, 0.15) is 16.9 Å². The molecule has 6 nitrogen and oxygen atoms in total. The quantitative estimate of drug-likeness (QED) is 0.690. The monoisotopic (exact) mass is 336 g/mol. The van der Waals surface area contributed by atoms with E-state index in [1.54, 1.807) is 30.3 Å². The zero-order valence-corrected chi connectivity index (χ0v) is 13.8. The number of carbonyl (C=O) groups is 3. The molecule has 0 aliphatic carbocycles. The zero-order chi connectivity index (χ0) is 18.0. The number of hydrogen-bond acceptors (Lipinski definition) is 4. The SMILES string of the molecule is Cc1ccc(N2C(=O)NC(=O)/C(=C/C=C/c3ccco3)C2=O)cc1C. The molecule has 0 unspecified atom stereocenters. The van der Waals surface area contributed by atoms with Gasteiger partial charge in [0.2, 0.25) is 0 Å². The summed E-state index contributed by atoms with van der Waals surface area (Å²) >= 11 is 0. The Kier molecular flexibility index (Phi) is 4.35. The summed E-state index contributed by atoms with van der Waals surface area (Å²) in [6.07, 6.45) is 6.02. The summed E-state index contributed by atoms with van der Waals surface area (Å²) in [6.45, 7) is 3.82. The van der Waals surface area contributed by atoms with Crippen LogP contribution in [0.5, 0.6) is 0 Å². The number of nitrogens with zero attached hydrogens (tertiary/aromatic N) is 1. The molecule has 0 radical (unpaired) electrons. The number of hydrogen-bond donors (Lipinski definition) is 1. The number of anilines is 1. The smallest absolute Gasteiger partial charge is 0.335 e. The van der Waals surface area contributed by atoms with Gasteiger partial charge >= 0.3 is 6.03 Å². The van der Waals surface area contributed by atoms with Crippen LogP contribution in [-0.2, 0) is 9.59 Å². The van der Waals surface area contributed by atoms with Gasteiger partial charge in [0.15, 0.2) is 0 Å². The van der Waals surface area contributed by atoms with Gasteiger partial charge in [-0.2, -0.15) is 0 Å². The molecule has 126 valence electrons. The third-order valence-electron chi connectivity index (χ3n) is 3.92. The van der Waals surface area contributed by atoms with Crippen LogP contribution in [0.15, 0.2) is 58.7 Å². The van der Waals surface area contributed by atoms with Gasteiger partial charge in [0.05, 0.1) is 12.0 Å². The summed E-state index contributed by atoms with van der Waals surface area (Å²) in [5, 5.41) is 2.19. The molecular formula is C19H16N2O4. The van der Waals surface area contributed by atoms with E-state index in [0.717, 1.165) is 16.0 Å². The minimum atomic E-state index is -0.759. The maximum atomic E-state index is 12.7. The number of imide groups is 2. The Morgan fingerprint density at radius 1 is 1.08 bits per heavy atom. The van der Waals surface area contributed by atoms with Crippen LogP contribution in [-0.4, -0.2) is 17.8 Å². The number of carbonyl (C=O) groups excluding carboxylic acids is 3. The van der Waals surface area contributed by atoms with E-state index in [9.17, 15) is 14.4 Å². The van der Waals surface area contributed by atoms with E-state index >= 15 is 0 Å². The fraction of sp³-hybridized carbons (Fsp3) is 0.105. The highest BCUT2D eigenvalue weighted by molar-refractivity contribution is 6.37. The lowest BCUT2D eigenvalue weighted by molar-refractivity contribution is -0.122. The number of amides is 4. The molecule has 1 aromatic carbocycles. The average Bonchev–Trinajstić information content (AvgIpc) is 3.07. The number of urea groups is 1. The van der Waals surface area contributed by atoms with Crippen molar-refractivity contribution in [3.05, 3.63) is 71.2 Å². The average molecular weight is 336 g/mol. The number of nitrogens with one attached hydrogen (secondary N) is 1. The van der Waals surface area contributed by atoms with Crippen molar-refractivity contribution in [3.8, 4) is 0 Å². The van der Waals surface area contributed by atoms with E-state index in [2.05, 4.69) is 5.32 Å². The molecule has 0 atom stereocenters. The van der Waals surface area contributed by atoms with E-state index in [1.807, 2.05) is 19.9 Å². The predicted molar refractivity (Wildman–Crippen MR) is 92.8 cm³/mol. The molecule has 25 heavy (non-hydrogen) atoms. The van der Waals surface area contributed by atoms with Gasteiger partial charge in [-0.1, -0.05) is 12.1 Å². The van der Waals surface area contributed by atoms with Crippen LogP contribution < -0.4 is 10.2 Å². The molecule has 3 rings (SSSR count). The van der Waals surface area contributed by atoms with Gasteiger partial charge in [0.25, 0.3) is 11.8 Å². The van der Waals surface area contributed by atoms with Crippen LogP contribution in [0.25, 0.3) is 6.08 Å². The number of furan rings is 1. The summed E-state index contributed by atoms with van der Waals surface area (Å²) in [5.74, 6) is -0.803. The summed E-state index contributed by atoms with van der Waals surface area (Å²) < 4.78 is 5.14. The first kappa shape index (κ1) is 16.4. The molecule has 4 amide bonds. The van der Waals surface area contributed by atoms with Crippen molar-refractivity contribution in [1.82, 2.24) is 5.32 Å². The van der Waals surface area contributed by atoms with Crippen molar-refractivity contribution in [2.45, 2.75) is 13.8 Å². The Morgan fingerprint density at radius 3 is 2.56 bits per heavy atom. The van der Waals surface area contributed by atoms with Crippen LogP contribution in [0.2, 0.25) is 0 Å². The third kappa shape index (κ3) is 3.28. The summed E-state index contributed by atoms with van der Waals surface area (Å²) in [4.78, 5) is 37.7. The predicted octanol–water partition coefficient (Wildman–Crippen LogP) is 3.12. The molecule has 0 spiro atoms. The van der Waals surface area contributed by atoms with E-state index in [4.69, 9.17) is 4.42 Å². The molecule has 1 N–H and O–H groups in total. The molecule has 2 aromatic rings. The molecule has 2 heterocycles. The highest BCUT2D eigenvalue weighted by atomic mass is 16.3.